The first-order chi connectivity index (χ1) is 9.06. The van der Waals surface area contributed by atoms with Crippen LogP contribution in [0.2, 0.25) is 0 Å². The van der Waals surface area contributed by atoms with Gasteiger partial charge in [0, 0.05) is 12.5 Å². The lowest BCUT2D eigenvalue weighted by molar-refractivity contribution is -0.116. The topological polar surface area (TPSA) is 64.3 Å². The molecule has 0 saturated carbocycles. The van der Waals surface area contributed by atoms with Gasteiger partial charge in [-0.05, 0) is 37.5 Å². The third-order valence-electron chi connectivity index (χ3n) is 2.84. The number of nitrogens with two attached hydrogens (primary N) is 1. The molecule has 0 aliphatic heterocycles. The maximum absolute atomic E-state index is 11.8. The van der Waals surface area contributed by atoms with Gasteiger partial charge in [0.25, 0.3) is 0 Å². The standard InChI is InChI=1S/C15H24N2O2/c1-4-8-19-14-9-11(3)6-7-13(14)17-15(18)10-12(16)5-2/h6-7,9,12H,4-5,8,10,16H2,1-3H3,(H,17,18). The van der Waals surface area contributed by atoms with Crippen LogP contribution >= 0.6 is 0 Å². The van der Waals surface area contributed by atoms with E-state index in [1.165, 1.54) is 0 Å². The molecule has 0 bridgehead atoms. The summed E-state index contributed by atoms with van der Waals surface area (Å²) in [6, 6.07) is 5.67. The van der Waals surface area contributed by atoms with Crippen molar-refractivity contribution in [2.45, 2.75) is 46.1 Å². The zero-order chi connectivity index (χ0) is 14.3. The van der Waals surface area contributed by atoms with Gasteiger partial charge in [-0.1, -0.05) is 19.9 Å². The first-order valence-corrected chi connectivity index (χ1v) is 6.85. The monoisotopic (exact) mass is 264 g/mol. The van der Waals surface area contributed by atoms with Crippen molar-refractivity contribution in [1.29, 1.82) is 0 Å². The lowest BCUT2D eigenvalue weighted by atomic mass is 10.1. The minimum atomic E-state index is -0.0922. The second kappa shape index (κ2) is 7.79. The molecule has 106 valence electrons. The Bertz CT molecular complexity index is 419. The zero-order valence-corrected chi connectivity index (χ0v) is 12.0. The van der Waals surface area contributed by atoms with Crippen LogP contribution in [0.15, 0.2) is 18.2 Å². The van der Waals surface area contributed by atoms with Crippen molar-refractivity contribution >= 4 is 11.6 Å². The molecule has 1 unspecified atom stereocenters. The van der Waals surface area contributed by atoms with E-state index in [0.717, 1.165) is 24.2 Å². The highest BCUT2D eigenvalue weighted by Crippen LogP contribution is 2.26. The van der Waals surface area contributed by atoms with E-state index in [4.69, 9.17) is 10.5 Å². The third kappa shape index (κ3) is 5.30. The largest absolute Gasteiger partial charge is 0.491 e. The predicted octanol–water partition coefficient (Wildman–Crippen LogP) is 2.85. The minimum Gasteiger partial charge on any atom is -0.491 e. The summed E-state index contributed by atoms with van der Waals surface area (Å²) in [5.74, 6) is 0.653. The number of nitrogens with one attached hydrogen (secondary N) is 1. The van der Waals surface area contributed by atoms with Crippen molar-refractivity contribution in [1.82, 2.24) is 0 Å². The molecule has 0 spiro atoms. The van der Waals surface area contributed by atoms with Crippen molar-refractivity contribution in [2.75, 3.05) is 11.9 Å². The number of anilines is 1. The van der Waals surface area contributed by atoms with Crippen molar-refractivity contribution in [2.24, 2.45) is 5.73 Å². The summed E-state index contributed by atoms with van der Waals surface area (Å²) in [5, 5.41) is 2.87. The van der Waals surface area contributed by atoms with Gasteiger partial charge in [-0.3, -0.25) is 4.79 Å². The average Bonchev–Trinajstić information content (AvgIpc) is 2.38. The van der Waals surface area contributed by atoms with Crippen LogP contribution in [0.5, 0.6) is 5.75 Å². The van der Waals surface area contributed by atoms with Gasteiger partial charge in [0.2, 0.25) is 5.91 Å². The van der Waals surface area contributed by atoms with E-state index < -0.39 is 0 Å². The summed E-state index contributed by atoms with van der Waals surface area (Å²) in [6.45, 7) is 6.66. The normalized spacial score (nSPS) is 12.0. The van der Waals surface area contributed by atoms with Crippen molar-refractivity contribution in [3.8, 4) is 5.75 Å². The first kappa shape index (κ1) is 15.5. The van der Waals surface area contributed by atoms with Gasteiger partial charge in [0.15, 0.2) is 0 Å². The Kier molecular flexibility index (Phi) is 6.36. The van der Waals surface area contributed by atoms with Gasteiger partial charge in [-0.25, -0.2) is 0 Å². The molecular weight excluding hydrogens is 240 g/mol. The summed E-state index contributed by atoms with van der Waals surface area (Å²) in [4.78, 5) is 11.8. The van der Waals surface area contributed by atoms with E-state index in [2.05, 4.69) is 5.32 Å². The summed E-state index contributed by atoms with van der Waals surface area (Å²) >= 11 is 0. The summed E-state index contributed by atoms with van der Waals surface area (Å²) in [7, 11) is 0. The van der Waals surface area contributed by atoms with Gasteiger partial charge in [-0.2, -0.15) is 0 Å². The number of hydrogen-bond donors (Lipinski definition) is 2. The lowest BCUT2D eigenvalue weighted by Crippen LogP contribution is -2.26. The predicted molar refractivity (Wildman–Crippen MR) is 78.5 cm³/mol. The number of benzene rings is 1. The van der Waals surface area contributed by atoms with Crippen LogP contribution in [0.1, 0.15) is 38.7 Å². The zero-order valence-electron chi connectivity index (χ0n) is 12.0. The lowest BCUT2D eigenvalue weighted by Gasteiger charge is -2.14. The Balaban J connectivity index is 2.73. The molecule has 4 nitrogen and oxygen atoms in total. The van der Waals surface area contributed by atoms with Crippen molar-refractivity contribution in [3.05, 3.63) is 23.8 Å². The highest BCUT2D eigenvalue weighted by atomic mass is 16.5. The molecule has 19 heavy (non-hydrogen) atoms. The molecule has 0 saturated heterocycles. The maximum Gasteiger partial charge on any atom is 0.226 e. The molecule has 0 fully saturated rings. The summed E-state index contributed by atoms with van der Waals surface area (Å²) < 4.78 is 5.65. The Hall–Kier alpha value is -1.55. The Morgan fingerprint density at radius 1 is 1.42 bits per heavy atom. The van der Waals surface area contributed by atoms with Gasteiger partial charge in [-0.15, -0.1) is 0 Å². The van der Waals surface area contributed by atoms with Gasteiger partial charge in [0.1, 0.15) is 5.75 Å². The molecule has 1 atom stereocenters. The summed E-state index contributed by atoms with van der Waals surface area (Å²) in [6.07, 6.45) is 2.06. The number of amides is 1. The molecule has 1 aromatic rings. The van der Waals surface area contributed by atoms with Crippen LogP contribution in [0.4, 0.5) is 5.69 Å². The van der Waals surface area contributed by atoms with E-state index in [1.807, 2.05) is 39.0 Å². The molecule has 0 aliphatic carbocycles. The Labute approximate surface area is 115 Å². The minimum absolute atomic E-state index is 0.0699. The molecule has 0 aromatic heterocycles. The molecule has 0 aliphatic rings. The molecule has 3 N–H and O–H groups in total. The third-order valence-corrected chi connectivity index (χ3v) is 2.84. The highest BCUT2D eigenvalue weighted by molar-refractivity contribution is 5.92. The van der Waals surface area contributed by atoms with Gasteiger partial charge < -0.3 is 15.8 Å². The second-order valence-corrected chi connectivity index (χ2v) is 4.77. The fourth-order valence-electron chi connectivity index (χ4n) is 1.65. The SMILES string of the molecule is CCCOc1cc(C)ccc1NC(=O)CC(N)CC. The van der Waals surface area contributed by atoms with Gasteiger partial charge in [0.05, 0.1) is 12.3 Å². The number of rotatable bonds is 7. The molecule has 4 heteroatoms. The smallest absolute Gasteiger partial charge is 0.226 e. The molecule has 1 amide bonds. The van der Waals surface area contributed by atoms with E-state index >= 15 is 0 Å². The van der Waals surface area contributed by atoms with Crippen LogP contribution < -0.4 is 15.8 Å². The number of carbonyl (C=O) groups excluding carboxylic acids is 1. The fraction of sp³-hybridized carbons (Fsp3) is 0.533. The molecule has 1 aromatic carbocycles. The number of aryl methyl sites for hydroxylation is 1. The first-order valence-electron chi connectivity index (χ1n) is 6.85. The molecule has 0 heterocycles. The van der Waals surface area contributed by atoms with E-state index in [-0.39, 0.29) is 11.9 Å². The van der Waals surface area contributed by atoms with E-state index in [9.17, 15) is 4.79 Å². The molecule has 1 rings (SSSR count). The van der Waals surface area contributed by atoms with Crippen molar-refractivity contribution < 1.29 is 9.53 Å². The van der Waals surface area contributed by atoms with E-state index in [0.29, 0.717) is 18.7 Å². The second-order valence-electron chi connectivity index (χ2n) is 4.77. The Morgan fingerprint density at radius 2 is 2.16 bits per heavy atom. The molecular formula is C15H24N2O2. The number of carbonyl (C=O) groups is 1. The molecule has 0 radical (unpaired) electrons. The Morgan fingerprint density at radius 3 is 2.79 bits per heavy atom. The number of hydrogen-bond acceptors (Lipinski definition) is 3. The van der Waals surface area contributed by atoms with Crippen molar-refractivity contribution in [3.63, 3.8) is 0 Å². The van der Waals surface area contributed by atoms with Crippen LogP contribution in [0.3, 0.4) is 0 Å². The maximum atomic E-state index is 11.8. The summed E-state index contributed by atoms with van der Waals surface area (Å²) in [5.41, 5.74) is 7.60. The van der Waals surface area contributed by atoms with Crippen LogP contribution in [-0.4, -0.2) is 18.6 Å². The average molecular weight is 264 g/mol. The number of ether oxygens (including phenoxy) is 1. The van der Waals surface area contributed by atoms with Crippen LogP contribution in [-0.2, 0) is 4.79 Å². The highest BCUT2D eigenvalue weighted by Gasteiger charge is 2.11. The van der Waals surface area contributed by atoms with Crippen LogP contribution in [0.25, 0.3) is 0 Å². The van der Waals surface area contributed by atoms with Crippen LogP contribution in [0, 0.1) is 6.92 Å². The fourth-order valence-corrected chi connectivity index (χ4v) is 1.65. The van der Waals surface area contributed by atoms with Gasteiger partial charge >= 0.3 is 0 Å². The quantitative estimate of drug-likeness (QED) is 0.796. The van der Waals surface area contributed by atoms with E-state index in [1.54, 1.807) is 0 Å².